The van der Waals surface area contributed by atoms with Gasteiger partial charge in [0.1, 0.15) is 11.9 Å². The molecule has 2 fully saturated rings. The zero-order chi connectivity index (χ0) is 11.7. The topological polar surface area (TPSA) is 38.5 Å². The van der Waals surface area contributed by atoms with Crippen molar-refractivity contribution in [3.63, 3.8) is 0 Å². The Balaban J connectivity index is 1.60. The predicted octanol–water partition coefficient (Wildman–Crippen LogP) is 2.27. The van der Waals surface area contributed by atoms with Gasteiger partial charge in [-0.2, -0.15) is 0 Å². The summed E-state index contributed by atoms with van der Waals surface area (Å²) in [6.45, 7) is 2.33. The van der Waals surface area contributed by atoms with E-state index in [1.807, 2.05) is 24.3 Å². The van der Waals surface area contributed by atoms with E-state index in [4.69, 9.17) is 10.5 Å². The summed E-state index contributed by atoms with van der Waals surface area (Å²) >= 11 is 0. The fourth-order valence-corrected chi connectivity index (χ4v) is 2.61. The highest BCUT2D eigenvalue weighted by atomic mass is 16.5. The van der Waals surface area contributed by atoms with Crippen LogP contribution in [0, 0.1) is 0 Å². The predicted molar refractivity (Wildman–Crippen MR) is 69.1 cm³/mol. The minimum absolute atomic E-state index is 0.339. The maximum absolute atomic E-state index is 6.02. The van der Waals surface area contributed by atoms with Gasteiger partial charge in [-0.15, -0.1) is 0 Å². The van der Waals surface area contributed by atoms with E-state index < -0.39 is 0 Å². The average molecular weight is 232 g/mol. The normalized spacial score (nSPS) is 25.8. The van der Waals surface area contributed by atoms with Crippen LogP contribution in [0.1, 0.15) is 25.7 Å². The van der Waals surface area contributed by atoms with Crippen molar-refractivity contribution in [3.8, 4) is 5.75 Å². The lowest BCUT2D eigenvalue weighted by Crippen LogP contribution is -2.42. The molecule has 3 heteroatoms. The Bertz CT molecular complexity index is 390. The lowest BCUT2D eigenvalue weighted by Gasteiger charge is -2.32. The van der Waals surface area contributed by atoms with Gasteiger partial charge < -0.3 is 10.5 Å². The van der Waals surface area contributed by atoms with Crippen LogP contribution < -0.4 is 10.5 Å². The third-order valence-corrected chi connectivity index (χ3v) is 3.63. The highest BCUT2D eigenvalue weighted by Crippen LogP contribution is 2.30. The first kappa shape index (κ1) is 10.9. The highest BCUT2D eigenvalue weighted by molar-refractivity contribution is 5.43. The summed E-state index contributed by atoms with van der Waals surface area (Å²) in [6, 6.07) is 8.60. The van der Waals surface area contributed by atoms with Crippen molar-refractivity contribution in [1.29, 1.82) is 0 Å². The number of nitrogens with two attached hydrogens (primary N) is 1. The number of nitrogens with zero attached hydrogens (tertiary/aromatic N) is 1. The Kier molecular flexibility index (Phi) is 2.93. The first-order chi connectivity index (χ1) is 8.31. The minimum atomic E-state index is 0.339. The van der Waals surface area contributed by atoms with Crippen molar-refractivity contribution >= 4 is 5.69 Å². The second kappa shape index (κ2) is 4.57. The smallest absolute Gasteiger partial charge is 0.121 e. The molecular weight excluding hydrogens is 212 g/mol. The molecule has 1 saturated heterocycles. The van der Waals surface area contributed by atoms with Crippen LogP contribution >= 0.6 is 0 Å². The molecule has 0 bridgehead atoms. The van der Waals surface area contributed by atoms with Gasteiger partial charge in [0.15, 0.2) is 0 Å². The van der Waals surface area contributed by atoms with Crippen LogP contribution in [0.3, 0.4) is 0 Å². The molecule has 0 radical (unpaired) electrons. The Morgan fingerprint density at radius 2 is 2.12 bits per heavy atom. The molecular formula is C14H20N2O. The van der Waals surface area contributed by atoms with Crippen LogP contribution in [0.4, 0.5) is 5.69 Å². The molecule has 92 valence electrons. The molecule has 2 N–H and O–H groups in total. The fraction of sp³-hybridized carbons (Fsp3) is 0.571. The van der Waals surface area contributed by atoms with Crippen molar-refractivity contribution in [2.24, 2.45) is 0 Å². The summed E-state index contributed by atoms with van der Waals surface area (Å²) in [4.78, 5) is 2.58. The molecule has 3 rings (SSSR count). The molecule has 3 nitrogen and oxygen atoms in total. The number of likely N-dealkylation sites (tertiary alicyclic amines) is 1. The van der Waals surface area contributed by atoms with Gasteiger partial charge in [0.25, 0.3) is 0 Å². The van der Waals surface area contributed by atoms with Crippen molar-refractivity contribution < 1.29 is 4.74 Å². The van der Waals surface area contributed by atoms with Crippen molar-refractivity contribution in [3.05, 3.63) is 24.3 Å². The molecule has 1 aromatic carbocycles. The largest absolute Gasteiger partial charge is 0.489 e. The van der Waals surface area contributed by atoms with Gasteiger partial charge >= 0.3 is 0 Å². The quantitative estimate of drug-likeness (QED) is 0.812. The van der Waals surface area contributed by atoms with Crippen molar-refractivity contribution in [1.82, 2.24) is 4.90 Å². The molecule has 1 atom stereocenters. The number of piperidine rings is 1. The fourth-order valence-electron chi connectivity index (χ4n) is 2.61. The van der Waals surface area contributed by atoms with E-state index in [0.717, 1.165) is 30.4 Å². The van der Waals surface area contributed by atoms with Crippen LogP contribution in [0.5, 0.6) is 5.75 Å². The van der Waals surface area contributed by atoms with Gasteiger partial charge in [-0.25, -0.2) is 0 Å². The third-order valence-electron chi connectivity index (χ3n) is 3.63. The van der Waals surface area contributed by atoms with E-state index >= 15 is 0 Å². The second-order valence-electron chi connectivity index (χ2n) is 5.18. The van der Waals surface area contributed by atoms with Crippen LogP contribution in [0.25, 0.3) is 0 Å². The van der Waals surface area contributed by atoms with E-state index in [2.05, 4.69) is 4.90 Å². The molecule has 1 saturated carbocycles. The van der Waals surface area contributed by atoms with Gasteiger partial charge in [0.05, 0.1) is 0 Å². The summed E-state index contributed by atoms with van der Waals surface area (Å²) < 4.78 is 6.02. The molecule has 0 spiro atoms. The monoisotopic (exact) mass is 232 g/mol. The van der Waals surface area contributed by atoms with Crippen LogP contribution in [0.2, 0.25) is 0 Å². The number of hydrogen-bond donors (Lipinski definition) is 1. The summed E-state index contributed by atoms with van der Waals surface area (Å²) in [5, 5.41) is 0. The highest BCUT2D eigenvalue weighted by Gasteiger charge is 2.33. The standard InChI is InChI=1S/C14H20N2O/c15-11-3-1-4-13(9-11)17-14-5-2-8-16(10-14)12-6-7-12/h1,3-4,9,12,14H,2,5-8,10,15H2. The van der Waals surface area contributed by atoms with E-state index in [-0.39, 0.29) is 0 Å². The van der Waals surface area contributed by atoms with Crippen molar-refractivity contribution in [2.75, 3.05) is 18.8 Å². The van der Waals surface area contributed by atoms with Crippen LogP contribution in [-0.4, -0.2) is 30.1 Å². The number of anilines is 1. The summed E-state index contributed by atoms with van der Waals surface area (Å²) in [5.41, 5.74) is 6.53. The van der Waals surface area contributed by atoms with Crippen LogP contribution in [0.15, 0.2) is 24.3 Å². The number of ether oxygens (including phenoxy) is 1. The first-order valence-corrected chi connectivity index (χ1v) is 6.57. The average Bonchev–Trinajstić information content (AvgIpc) is 3.13. The molecule has 0 aromatic heterocycles. The molecule has 1 heterocycles. The molecule has 1 aliphatic carbocycles. The van der Waals surface area contributed by atoms with E-state index in [0.29, 0.717) is 6.10 Å². The van der Waals surface area contributed by atoms with Crippen molar-refractivity contribution in [2.45, 2.75) is 37.8 Å². The number of hydrogen-bond acceptors (Lipinski definition) is 3. The minimum Gasteiger partial charge on any atom is -0.489 e. The van der Waals surface area contributed by atoms with E-state index in [9.17, 15) is 0 Å². The van der Waals surface area contributed by atoms with Gasteiger partial charge in [0.2, 0.25) is 0 Å². The molecule has 0 amide bonds. The number of nitrogen functional groups attached to an aromatic ring is 1. The second-order valence-corrected chi connectivity index (χ2v) is 5.18. The molecule has 17 heavy (non-hydrogen) atoms. The Labute approximate surface area is 103 Å². The molecule has 2 aliphatic rings. The third kappa shape index (κ3) is 2.72. The lowest BCUT2D eigenvalue weighted by molar-refractivity contribution is 0.0840. The SMILES string of the molecule is Nc1cccc(OC2CCCN(C3CC3)C2)c1. The Hall–Kier alpha value is -1.22. The molecule has 1 aliphatic heterocycles. The summed E-state index contributed by atoms with van der Waals surface area (Å²) in [6.07, 6.45) is 5.52. The molecule has 1 unspecified atom stereocenters. The Morgan fingerprint density at radius 1 is 1.24 bits per heavy atom. The van der Waals surface area contributed by atoms with Gasteiger partial charge in [-0.3, -0.25) is 4.90 Å². The lowest BCUT2D eigenvalue weighted by atomic mass is 10.1. The summed E-state index contributed by atoms with van der Waals surface area (Å²) in [7, 11) is 0. The molecule has 1 aromatic rings. The maximum Gasteiger partial charge on any atom is 0.121 e. The zero-order valence-corrected chi connectivity index (χ0v) is 10.1. The zero-order valence-electron chi connectivity index (χ0n) is 10.1. The first-order valence-electron chi connectivity index (χ1n) is 6.57. The van der Waals surface area contributed by atoms with Gasteiger partial charge in [-0.05, 0) is 44.4 Å². The number of benzene rings is 1. The van der Waals surface area contributed by atoms with E-state index in [1.165, 1.54) is 25.8 Å². The van der Waals surface area contributed by atoms with Gasteiger partial charge in [-0.1, -0.05) is 6.07 Å². The number of rotatable bonds is 3. The maximum atomic E-state index is 6.02. The summed E-state index contributed by atoms with van der Waals surface area (Å²) in [5.74, 6) is 0.910. The van der Waals surface area contributed by atoms with E-state index in [1.54, 1.807) is 0 Å². The Morgan fingerprint density at radius 3 is 2.88 bits per heavy atom. The van der Waals surface area contributed by atoms with Gasteiger partial charge in [0, 0.05) is 24.3 Å². The van der Waals surface area contributed by atoms with Crippen LogP contribution in [-0.2, 0) is 0 Å².